The van der Waals surface area contributed by atoms with Crippen molar-refractivity contribution in [3.8, 4) is 0 Å². The Labute approximate surface area is 112 Å². The lowest BCUT2D eigenvalue weighted by molar-refractivity contribution is -0.135. The molecule has 1 N–H and O–H groups in total. The lowest BCUT2D eigenvalue weighted by Gasteiger charge is -2.26. The van der Waals surface area contributed by atoms with Crippen LogP contribution in [-0.2, 0) is 16.1 Å². The summed E-state index contributed by atoms with van der Waals surface area (Å²) in [6.07, 6.45) is 0.574. The second kappa shape index (κ2) is 6.87. The van der Waals surface area contributed by atoms with Crippen molar-refractivity contribution in [2.75, 3.05) is 32.8 Å². The van der Waals surface area contributed by atoms with Crippen molar-refractivity contribution in [2.45, 2.75) is 19.9 Å². The third-order valence-electron chi connectivity index (χ3n) is 3.13. The summed E-state index contributed by atoms with van der Waals surface area (Å²) in [5.74, 6) is 0.230. The van der Waals surface area contributed by atoms with Gasteiger partial charge in [0.25, 0.3) is 0 Å². The van der Waals surface area contributed by atoms with Crippen molar-refractivity contribution in [2.24, 2.45) is 0 Å². The molecule has 1 saturated heterocycles. The summed E-state index contributed by atoms with van der Waals surface area (Å²) >= 11 is 1.76. The minimum absolute atomic E-state index is 0.230. The number of carbonyl (C=O) groups is 1. The number of amides is 1. The summed E-state index contributed by atoms with van der Waals surface area (Å²) < 4.78 is 5.23. The SMILES string of the molecule is Cc1ccsc1CNCCC(=O)N1CCOCC1. The van der Waals surface area contributed by atoms with Gasteiger partial charge in [-0.15, -0.1) is 11.3 Å². The summed E-state index contributed by atoms with van der Waals surface area (Å²) in [4.78, 5) is 15.1. The third-order valence-corrected chi connectivity index (χ3v) is 4.16. The monoisotopic (exact) mass is 268 g/mol. The lowest BCUT2D eigenvalue weighted by atomic mass is 10.3. The van der Waals surface area contributed by atoms with Gasteiger partial charge in [-0.1, -0.05) is 0 Å². The molecule has 0 aromatic carbocycles. The highest BCUT2D eigenvalue weighted by atomic mass is 32.1. The van der Waals surface area contributed by atoms with Crippen molar-refractivity contribution in [3.63, 3.8) is 0 Å². The van der Waals surface area contributed by atoms with Crippen molar-refractivity contribution >= 4 is 17.2 Å². The van der Waals surface area contributed by atoms with E-state index < -0.39 is 0 Å². The topological polar surface area (TPSA) is 41.6 Å². The van der Waals surface area contributed by atoms with Gasteiger partial charge in [-0.25, -0.2) is 0 Å². The van der Waals surface area contributed by atoms with Crippen molar-refractivity contribution in [1.82, 2.24) is 10.2 Å². The molecule has 5 heteroatoms. The number of aryl methyl sites for hydroxylation is 1. The second-order valence-electron chi connectivity index (χ2n) is 4.45. The maximum Gasteiger partial charge on any atom is 0.224 e. The van der Waals surface area contributed by atoms with Gasteiger partial charge in [0.1, 0.15) is 0 Å². The van der Waals surface area contributed by atoms with E-state index in [1.54, 1.807) is 11.3 Å². The molecule has 0 spiro atoms. The molecule has 18 heavy (non-hydrogen) atoms. The Kier molecular flexibility index (Phi) is 5.16. The summed E-state index contributed by atoms with van der Waals surface area (Å²) in [6, 6.07) is 2.13. The average Bonchev–Trinajstić information content (AvgIpc) is 2.81. The molecule has 0 saturated carbocycles. The first-order chi connectivity index (χ1) is 8.77. The van der Waals surface area contributed by atoms with Gasteiger partial charge < -0.3 is 15.0 Å². The Morgan fingerprint density at radius 1 is 1.50 bits per heavy atom. The number of hydrogen-bond donors (Lipinski definition) is 1. The number of ether oxygens (including phenoxy) is 1. The van der Waals surface area contributed by atoms with Gasteiger partial charge in [0.2, 0.25) is 5.91 Å². The van der Waals surface area contributed by atoms with Crippen LogP contribution in [-0.4, -0.2) is 43.7 Å². The van der Waals surface area contributed by atoms with Crippen molar-refractivity contribution in [3.05, 3.63) is 21.9 Å². The van der Waals surface area contributed by atoms with E-state index in [-0.39, 0.29) is 5.91 Å². The van der Waals surface area contributed by atoms with Gasteiger partial charge in [-0.05, 0) is 23.9 Å². The Hall–Kier alpha value is -0.910. The molecule has 0 bridgehead atoms. The Bertz CT molecular complexity index is 386. The molecule has 4 nitrogen and oxygen atoms in total. The van der Waals surface area contributed by atoms with Crippen LogP contribution in [0.1, 0.15) is 16.9 Å². The number of morpholine rings is 1. The van der Waals surface area contributed by atoms with Gasteiger partial charge in [0, 0.05) is 37.5 Å². The summed E-state index contributed by atoms with van der Waals surface area (Å²) in [7, 11) is 0. The van der Waals surface area contributed by atoms with E-state index in [1.807, 2.05) is 4.90 Å². The van der Waals surface area contributed by atoms with Crippen LogP contribution in [0.5, 0.6) is 0 Å². The highest BCUT2D eigenvalue weighted by Gasteiger charge is 2.15. The van der Waals surface area contributed by atoms with Gasteiger partial charge in [-0.3, -0.25) is 4.79 Å². The normalized spacial score (nSPS) is 15.9. The fourth-order valence-corrected chi connectivity index (χ4v) is 2.83. The largest absolute Gasteiger partial charge is 0.378 e. The van der Waals surface area contributed by atoms with Crippen molar-refractivity contribution < 1.29 is 9.53 Å². The third kappa shape index (κ3) is 3.80. The summed E-state index contributed by atoms with van der Waals surface area (Å²) in [5.41, 5.74) is 1.33. The first kappa shape index (κ1) is 13.5. The molecule has 1 aliphatic heterocycles. The Morgan fingerprint density at radius 3 is 2.94 bits per heavy atom. The lowest BCUT2D eigenvalue weighted by Crippen LogP contribution is -2.41. The van der Waals surface area contributed by atoms with Gasteiger partial charge >= 0.3 is 0 Å². The zero-order valence-electron chi connectivity index (χ0n) is 10.8. The molecule has 0 atom stereocenters. The Balaban J connectivity index is 1.63. The number of rotatable bonds is 5. The first-order valence-electron chi connectivity index (χ1n) is 6.36. The molecular formula is C13H20N2O2S. The molecule has 1 aromatic rings. The predicted octanol–water partition coefficient (Wildman–Crippen LogP) is 1.40. The zero-order chi connectivity index (χ0) is 12.8. The van der Waals surface area contributed by atoms with Gasteiger partial charge in [0.15, 0.2) is 0 Å². The minimum Gasteiger partial charge on any atom is -0.378 e. The second-order valence-corrected chi connectivity index (χ2v) is 5.45. The van der Waals surface area contributed by atoms with E-state index in [2.05, 4.69) is 23.7 Å². The number of nitrogens with zero attached hydrogens (tertiary/aromatic N) is 1. The van der Waals surface area contributed by atoms with Gasteiger partial charge in [0.05, 0.1) is 13.2 Å². The maximum atomic E-state index is 11.9. The standard InChI is InChI=1S/C13H20N2O2S/c1-11-3-9-18-12(11)10-14-4-2-13(16)15-5-7-17-8-6-15/h3,9,14H,2,4-8,10H2,1H3. The molecule has 0 unspecified atom stereocenters. The molecule has 2 rings (SSSR count). The van der Waals surface area contributed by atoms with Crippen LogP contribution in [0, 0.1) is 6.92 Å². The van der Waals surface area contributed by atoms with E-state index in [9.17, 15) is 4.79 Å². The molecule has 1 aliphatic rings. The predicted molar refractivity (Wildman–Crippen MR) is 72.8 cm³/mol. The Morgan fingerprint density at radius 2 is 2.28 bits per heavy atom. The number of nitrogens with one attached hydrogen (secondary N) is 1. The van der Waals surface area contributed by atoms with E-state index >= 15 is 0 Å². The number of thiophene rings is 1. The smallest absolute Gasteiger partial charge is 0.224 e. The highest BCUT2D eigenvalue weighted by molar-refractivity contribution is 7.10. The van der Waals surface area contributed by atoms with E-state index in [4.69, 9.17) is 4.74 Å². The molecule has 0 aliphatic carbocycles. The van der Waals surface area contributed by atoms with Crippen LogP contribution in [0.4, 0.5) is 0 Å². The van der Waals surface area contributed by atoms with E-state index in [0.29, 0.717) is 19.6 Å². The zero-order valence-corrected chi connectivity index (χ0v) is 11.6. The average molecular weight is 268 g/mol. The fraction of sp³-hybridized carbons (Fsp3) is 0.615. The fourth-order valence-electron chi connectivity index (χ4n) is 1.95. The number of hydrogen-bond acceptors (Lipinski definition) is 4. The van der Waals surface area contributed by atoms with Gasteiger partial charge in [-0.2, -0.15) is 0 Å². The molecule has 1 amide bonds. The summed E-state index contributed by atoms with van der Waals surface area (Å²) in [6.45, 7) is 6.55. The maximum absolute atomic E-state index is 11.9. The van der Waals surface area contributed by atoms with Crippen LogP contribution in [0.25, 0.3) is 0 Å². The highest BCUT2D eigenvalue weighted by Crippen LogP contribution is 2.14. The van der Waals surface area contributed by atoms with Crippen molar-refractivity contribution in [1.29, 1.82) is 0 Å². The molecule has 1 aromatic heterocycles. The molecule has 2 heterocycles. The quantitative estimate of drug-likeness (QED) is 0.821. The van der Waals surface area contributed by atoms with Crippen LogP contribution >= 0.6 is 11.3 Å². The molecule has 1 fully saturated rings. The van der Waals surface area contributed by atoms with Crippen LogP contribution in [0.2, 0.25) is 0 Å². The van der Waals surface area contributed by atoms with E-state index in [1.165, 1.54) is 10.4 Å². The summed E-state index contributed by atoms with van der Waals surface area (Å²) in [5, 5.41) is 5.43. The number of carbonyl (C=O) groups excluding carboxylic acids is 1. The van der Waals surface area contributed by atoms with Crippen LogP contribution in [0.15, 0.2) is 11.4 Å². The van der Waals surface area contributed by atoms with Crippen LogP contribution in [0.3, 0.4) is 0 Å². The van der Waals surface area contributed by atoms with Crippen LogP contribution < -0.4 is 5.32 Å². The van der Waals surface area contributed by atoms with E-state index in [0.717, 1.165) is 26.2 Å². The molecular weight excluding hydrogens is 248 g/mol. The molecule has 100 valence electrons. The minimum atomic E-state index is 0.230. The molecule has 0 radical (unpaired) electrons. The first-order valence-corrected chi connectivity index (χ1v) is 7.24.